The molecule has 0 amide bonds. The zero-order valence-corrected chi connectivity index (χ0v) is 12.5. The molecule has 0 unspecified atom stereocenters. The molecule has 0 saturated heterocycles. The van der Waals surface area contributed by atoms with Crippen LogP contribution in [-0.2, 0) is 4.74 Å². The van der Waals surface area contributed by atoms with Crippen LogP contribution < -0.4 is 0 Å². The molecule has 2 aliphatic carbocycles. The van der Waals surface area contributed by atoms with Crippen LogP contribution in [0.4, 0.5) is 0 Å². The van der Waals surface area contributed by atoms with Crippen molar-refractivity contribution in [1.82, 2.24) is 0 Å². The minimum Gasteiger partial charge on any atom is -0.381 e. The van der Waals surface area contributed by atoms with E-state index in [1.165, 1.54) is 51.4 Å². The van der Waals surface area contributed by atoms with Crippen LogP contribution in [0.3, 0.4) is 0 Å². The van der Waals surface area contributed by atoms with Crippen LogP contribution in [0.15, 0.2) is 24.8 Å². The lowest BCUT2D eigenvalue weighted by Crippen LogP contribution is -2.25. The van der Waals surface area contributed by atoms with Gasteiger partial charge in [-0.1, -0.05) is 18.2 Å². The maximum absolute atomic E-state index is 5.07. The third kappa shape index (κ3) is 4.49. The minimum absolute atomic E-state index is 0.769. The molecule has 2 aliphatic rings. The minimum atomic E-state index is 0.769. The van der Waals surface area contributed by atoms with Gasteiger partial charge in [-0.15, -0.1) is 6.58 Å². The fourth-order valence-corrected chi connectivity index (χ4v) is 4.01. The van der Waals surface area contributed by atoms with Gasteiger partial charge in [0.15, 0.2) is 0 Å². The van der Waals surface area contributed by atoms with Gasteiger partial charge in [-0.2, -0.15) is 0 Å². The fraction of sp³-hybridized carbons (Fsp3) is 0.778. The van der Waals surface area contributed by atoms with Crippen LogP contribution in [0, 0.1) is 23.7 Å². The van der Waals surface area contributed by atoms with E-state index >= 15 is 0 Å². The summed E-state index contributed by atoms with van der Waals surface area (Å²) >= 11 is 0. The molecule has 0 atom stereocenters. The molecule has 1 nitrogen and oxygen atoms in total. The standard InChI is InChI=1S/C18H30O/c1-3-15-6-10-17(11-7-15)18-12-8-16(9-13-18)5-4-14-19-2/h3-5,15-18H,1,6-14H2,2H3/b5-4+. The van der Waals surface area contributed by atoms with Crippen LogP contribution >= 0.6 is 0 Å². The SMILES string of the molecule is C=CC1CCC(C2CCC(/C=C/COC)CC2)CC1. The van der Waals surface area contributed by atoms with Gasteiger partial charge in [0.1, 0.15) is 0 Å². The molecule has 0 aliphatic heterocycles. The van der Waals surface area contributed by atoms with Crippen molar-refractivity contribution in [2.45, 2.75) is 51.4 Å². The Hall–Kier alpha value is -0.560. The first-order valence-electron chi connectivity index (χ1n) is 8.11. The lowest BCUT2D eigenvalue weighted by atomic mass is 9.69. The van der Waals surface area contributed by atoms with E-state index in [2.05, 4.69) is 24.8 Å². The van der Waals surface area contributed by atoms with E-state index in [0.29, 0.717) is 0 Å². The molecule has 0 heterocycles. The van der Waals surface area contributed by atoms with Crippen molar-refractivity contribution < 1.29 is 4.74 Å². The number of hydrogen-bond acceptors (Lipinski definition) is 1. The van der Waals surface area contributed by atoms with Gasteiger partial charge >= 0.3 is 0 Å². The Labute approximate surface area is 119 Å². The predicted octanol–water partition coefficient (Wildman–Crippen LogP) is 4.99. The second-order valence-corrected chi connectivity index (χ2v) is 6.47. The highest BCUT2D eigenvalue weighted by atomic mass is 16.5. The summed E-state index contributed by atoms with van der Waals surface area (Å²) in [5, 5.41) is 0. The molecule has 0 radical (unpaired) electrons. The van der Waals surface area contributed by atoms with Crippen LogP contribution in [-0.4, -0.2) is 13.7 Å². The van der Waals surface area contributed by atoms with E-state index in [1.807, 2.05) is 0 Å². The van der Waals surface area contributed by atoms with Gasteiger partial charge in [0, 0.05) is 7.11 Å². The van der Waals surface area contributed by atoms with Crippen molar-refractivity contribution in [2.75, 3.05) is 13.7 Å². The van der Waals surface area contributed by atoms with Crippen molar-refractivity contribution in [3.8, 4) is 0 Å². The Morgan fingerprint density at radius 1 is 0.895 bits per heavy atom. The highest BCUT2D eigenvalue weighted by Crippen LogP contribution is 2.41. The first-order chi connectivity index (χ1) is 9.33. The largest absolute Gasteiger partial charge is 0.381 e. The maximum atomic E-state index is 5.07. The monoisotopic (exact) mass is 262 g/mol. The van der Waals surface area contributed by atoms with Crippen LogP contribution in [0.25, 0.3) is 0 Å². The number of rotatable bonds is 5. The molecule has 0 aromatic carbocycles. The van der Waals surface area contributed by atoms with E-state index in [0.717, 1.165) is 30.3 Å². The summed E-state index contributed by atoms with van der Waals surface area (Å²) in [6.07, 6.45) is 18.1. The number of ether oxygens (including phenoxy) is 1. The van der Waals surface area contributed by atoms with Crippen molar-refractivity contribution in [3.05, 3.63) is 24.8 Å². The molecular weight excluding hydrogens is 232 g/mol. The number of methoxy groups -OCH3 is 1. The number of allylic oxidation sites excluding steroid dienone is 2. The van der Waals surface area contributed by atoms with Gasteiger partial charge < -0.3 is 4.74 Å². The van der Waals surface area contributed by atoms with Gasteiger partial charge in [-0.05, 0) is 75.0 Å². The Bertz CT molecular complexity index is 278. The Morgan fingerprint density at radius 3 is 1.89 bits per heavy atom. The zero-order valence-electron chi connectivity index (χ0n) is 12.5. The summed E-state index contributed by atoms with van der Waals surface area (Å²) in [7, 11) is 1.76. The molecule has 0 aromatic heterocycles. The van der Waals surface area contributed by atoms with Crippen LogP contribution in [0.5, 0.6) is 0 Å². The summed E-state index contributed by atoms with van der Waals surface area (Å²) in [4.78, 5) is 0. The van der Waals surface area contributed by atoms with E-state index in [9.17, 15) is 0 Å². The lowest BCUT2D eigenvalue weighted by Gasteiger charge is -2.36. The molecule has 1 heteroatoms. The van der Waals surface area contributed by atoms with Gasteiger partial charge in [0.25, 0.3) is 0 Å². The van der Waals surface area contributed by atoms with Gasteiger partial charge in [-0.25, -0.2) is 0 Å². The molecular formula is C18H30O. The average Bonchev–Trinajstić information content (AvgIpc) is 2.48. The lowest BCUT2D eigenvalue weighted by molar-refractivity contribution is 0.166. The topological polar surface area (TPSA) is 9.23 Å². The highest BCUT2D eigenvalue weighted by Gasteiger charge is 2.29. The normalized spacial score (nSPS) is 36.5. The zero-order chi connectivity index (χ0) is 13.5. The van der Waals surface area contributed by atoms with E-state index in [4.69, 9.17) is 4.74 Å². The molecule has 108 valence electrons. The summed E-state index contributed by atoms with van der Waals surface area (Å²) < 4.78 is 5.07. The predicted molar refractivity (Wildman–Crippen MR) is 82.1 cm³/mol. The van der Waals surface area contributed by atoms with Gasteiger partial charge in [0.05, 0.1) is 6.61 Å². The number of hydrogen-bond donors (Lipinski definition) is 0. The highest BCUT2D eigenvalue weighted by molar-refractivity contribution is 4.93. The van der Waals surface area contributed by atoms with Crippen molar-refractivity contribution in [1.29, 1.82) is 0 Å². The first-order valence-corrected chi connectivity index (χ1v) is 8.11. The third-order valence-corrected chi connectivity index (χ3v) is 5.30. The summed E-state index contributed by atoms with van der Waals surface area (Å²) in [6, 6.07) is 0. The summed E-state index contributed by atoms with van der Waals surface area (Å²) in [6.45, 7) is 4.72. The maximum Gasteiger partial charge on any atom is 0.0643 e. The van der Waals surface area contributed by atoms with Gasteiger partial charge in [-0.3, -0.25) is 0 Å². The Morgan fingerprint density at radius 2 is 1.42 bits per heavy atom. The second-order valence-electron chi connectivity index (χ2n) is 6.47. The van der Waals surface area contributed by atoms with Crippen LogP contribution in [0.1, 0.15) is 51.4 Å². The smallest absolute Gasteiger partial charge is 0.0643 e. The molecule has 2 rings (SSSR count). The molecule has 0 N–H and O–H groups in total. The molecule has 19 heavy (non-hydrogen) atoms. The third-order valence-electron chi connectivity index (χ3n) is 5.30. The van der Waals surface area contributed by atoms with Crippen molar-refractivity contribution in [3.63, 3.8) is 0 Å². The van der Waals surface area contributed by atoms with Gasteiger partial charge in [0.2, 0.25) is 0 Å². The molecule has 0 aromatic rings. The van der Waals surface area contributed by atoms with E-state index in [-0.39, 0.29) is 0 Å². The summed E-state index contributed by atoms with van der Waals surface area (Å²) in [5.41, 5.74) is 0. The second kappa shape index (κ2) is 7.89. The van der Waals surface area contributed by atoms with Crippen molar-refractivity contribution >= 4 is 0 Å². The van der Waals surface area contributed by atoms with E-state index < -0.39 is 0 Å². The molecule has 0 spiro atoms. The molecule has 0 bridgehead atoms. The quantitative estimate of drug-likeness (QED) is 0.634. The average molecular weight is 262 g/mol. The Kier molecular flexibility index (Phi) is 6.16. The fourth-order valence-electron chi connectivity index (χ4n) is 4.01. The van der Waals surface area contributed by atoms with Crippen LogP contribution in [0.2, 0.25) is 0 Å². The first kappa shape index (κ1) is 14.8. The Balaban J connectivity index is 1.70. The van der Waals surface area contributed by atoms with E-state index in [1.54, 1.807) is 7.11 Å². The molecule has 2 fully saturated rings. The molecule has 2 saturated carbocycles. The summed E-state index contributed by atoms with van der Waals surface area (Å²) in [5.74, 6) is 3.65. The van der Waals surface area contributed by atoms with Crippen molar-refractivity contribution in [2.24, 2.45) is 23.7 Å².